The van der Waals surface area contributed by atoms with E-state index in [2.05, 4.69) is 20.3 Å². The molecule has 1 aliphatic rings. The lowest BCUT2D eigenvalue weighted by Gasteiger charge is -2.10. The zero-order chi connectivity index (χ0) is 19.5. The van der Waals surface area contributed by atoms with Gasteiger partial charge in [0, 0.05) is 29.5 Å². The molecule has 5 rings (SSSR count). The molecule has 1 N–H and O–H groups in total. The number of hydrogen-bond donors (Lipinski definition) is 1. The summed E-state index contributed by atoms with van der Waals surface area (Å²) in [4.78, 5) is 13.1. The van der Waals surface area contributed by atoms with Gasteiger partial charge >= 0.3 is 0 Å². The molecule has 0 fully saturated rings. The fourth-order valence-corrected chi connectivity index (χ4v) is 3.48. The van der Waals surface area contributed by atoms with Crippen LogP contribution < -0.4 is 19.5 Å². The zero-order valence-electron chi connectivity index (χ0n) is 15.2. The minimum Gasteiger partial charge on any atom is -0.489 e. The van der Waals surface area contributed by atoms with E-state index in [-0.39, 0.29) is 6.79 Å². The second-order valence-corrected chi connectivity index (χ2v) is 7.13. The fraction of sp³-hybridized carbons (Fsp3) is 0.0952. The van der Waals surface area contributed by atoms with Crippen molar-refractivity contribution in [3.63, 3.8) is 0 Å². The Bertz CT molecular complexity index is 1130. The number of benzene rings is 2. The average molecular weight is 404 g/mol. The summed E-state index contributed by atoms with van der Waals surface area (Å²) in [6, 6.07) is 15.3. The molecule has 0 spiro atoms. The molecule has 0 aliphatic carbocycles. The third-order valence-corrected chi connectivity index (χ3v) is 5.04. The van der Waals surface area contributed by atoms with Crippen LogP contribution in [0.15, 0.2) is 66.3 Å². The maximum Gasteiger partial charge on any atom is 0.231 e. The molecule has 0 unspecified atom stereocenters. The Hall–Kier alpha value is -3.65. The van der Waals surface area contributed by atoms with Gasteiger partial charge in [-0.15, -0.1) is 11.3 Å². The van der Waals surface area contributed by atoms with E-state index in [1.807, 2.05) is 53.9 Å². The average Bonchev–Trinajstić information content (AvgIpc) is 3.44. The minimum absolute atomic E-state index is 0.263. The quantitative estimate of drug-likeness (QED) is 0.501. The first-order valence-electron chi connectivity index (χ1n) is 8.95. The van der Waals surface area contributed by atoms with Crippen LogP contribution in [-0.4, -0.2) is 21.7 Å². The molecule has 4 aromatic rings. The molecule has 8 heteroatoms. The highest BCUT2D eigenvalue weighted by molar-refractivity contribution is 7.13. The van der Waals surface area contributed by atoms with Crippen LogP contribution >= 0.6 is 11.3 Å². The predicted octanol–water partition coefficient (Wildman–Crippen LogP) is 4.65. The van der Waals surface area contributed by atoms with Crippen molar-refractivity contribution < 1.29 is 14.2 Å². The van der Waals surface area contributed by atoms with Gasteiger partial charge in [-0.25, -0.2) is 15.0 Å². The molecule has 3 heterocycles. The number of rotatable bonds is 6. The van der Waals surface area contributed by atoms with Crippen LogP contribution in [0.3, 0.4) is 0 Å². The van der Waals surface area contributed by atoms with Crippen molar-refractivity contribution in [1.29, 1.82) is 0 Å². The molecule has 0 atom stereocenters. The van der Waals surface area contributed by atoms with E-state index in [1.54, 1.807) is 12.4 Å². The smallest absolute Gasteiger partial charge is 0.231 e. The van der Waals surface area contributed by atoms with E-state index in [0.29, 0.717) is 12.6 Å². The molecule has 0 saturated heterocycles. The molecule has 2 aromatic heterocycles. The number of aromatic nitrogens is 3. The van der Waals surface area contributed by atoms with Crippen LogP contribution in [0.25, 0.3) is 10.7 Å². The van der Waals surface area contributed by atoms with Crippen molar-refractivity contribution >= 4 is 23.0 Å². The molecule has 0 saturated carbocycles. The Morgan fingerprint density at radius 3 is 2.90 bits per heavy atom. The minimum atomic E-state index is 0.263. The Morgan fingerprint density at radius 2 is 1.97 bits per heavy atom. The normalized spacial score (nSPS) is 12.0. The second-order valence-electron chi connectivity index (χ2n) is 6.23. The summed E-state index contributed by atoms with van der Waals surface area (Å²) in [6.07, 6.45) is 3.47. The maximum atomic E-state index is 5.93. The largest absolute Gasteiger partial charge is 0.489 e. The lowest BCUT2D eigenvalue weighted by molar-refractivity contribution is 0.174. The summed E-state index contributed by atoms with van der Waals surface area (Å²) < 4.78 is 16.7. The first kappa shape index (κ1) is 17.4. The number of anilines is 2. The van der Waals surface area contributed by atoms with Crippen LogP contribution in [0.5, 0.6) is 17.2 Å². The first-order chi connectivity index (χ1) is 14.3. The van der Waals surface area contributed by atoms with Gasteiger partial charge in [0.05, 0.1) is 0 Å². The lowest BCUT2D eigenvalue weighted by atomic mass is 10.2. The van der Waals surface area contributed by atoms with E-state index in [0.717, 1.165) is 39.2 Å². The van der Waals surface area contributed by atoms with Crippen molar-refractivity contribution in [3.05, 3.63) is 71.9 Å². The number of nitrogens with zero attached hydrogens (tertiary/aromatic N) is 3. The van der Waals surface area contributed by atoms with Gasteiger partial charge in [0.1, 0.15) is 23.1 Å². The topological polar surface area (TPSA) is 78.4 Å². The van der Waals surface area contributed by atoms with Crippen LogP contribution in [0.1, 0.15) is 5.56 Å². The highest BCUT2D eigenvalue weighted by atomic mass is 32.1. The molecule has 0 bridgehead atoms. The van der Waals surface area contributed by atoms with Gasteiger partial charge in [-0.3, -0.25) is 0 Å². The van der Waals surface area contributed by atoms with Crippen molar-refractivity contribution in [3.8, 4) is 28.0 Å². The number of fused-ring (bicyclic) bond motifs is 1. The molecule has 29 heavy (non-hydrogen) atoms. The molecule has 1 aliphatic heterocycles. The second kappa shape index (κ2) is 7.76. The van der Waals surface area contributed by atoms with Gasteiger partial charge in [-0.1, -0.05) is 12.1 Å². The van der Waals surface area contributed by atoms with Gasteiger partial charge in [-0.2, -0.15) is 0 Å². The van der Waals surface area contributed by atoms with Crippen LogP contribution in [0, 0.1) is 0 Å². The molecule has 2 aromatic carbocycles. The standard InChI is InChI=1S/C21H16N4O3S/c1-2-15(24-21-23-7-6-17(25-21)20-22-8-9-29-20)11-16(3-1)26-12-14-4-5-18-19(10-14)28-13-27-18/h1-11H,12-13H2,(H,23,24,25). The summed E-state index contributed by atoms with van der Waals surface area (Å²) in [5.41, 5.74) is 2.63. The third kappa shape index (κ3) is 3.97. The number of ether oxygens (including phenoxy) is 3. The zero-order valence-corrected chi connectivity index (χ0v) is 16.1. The van der Waals surface area contributed by atoms with E-state index >= 15 is 0 Å². The van der Waals surface area contributed by atoms with Crippen LogP contribution in [-0.2, 0) is 6.61 Å². The number of nitrogens with one attached hydrogen (secondary N) is 1. The van der Waals surface area contributed by atoms with Gasteiger partial charge in [0.2, 0.25) is 12.7 Å². The maximum absolute atomic E-state index is 5.93. The SMILES string of the molecule is c1cc(Nc2nccc(-c3nccs3)n2)cc(OCc2ccc3c(c2)OCO3)c1. The third-order valence-electron chi connectivity index (χ3n) is 4.24. The predicted molar refractivity (Wildman–Crippen MR) is 110 cm³/mol. The van der Waals surface area contributed by atoms with Crippen LogP contribution in [0.2, 0.25) is 0 Å². The Balaban J connectivity index is 1.27. The lowest BCUT2D eigenvalue weighted by Crippen LogP contribution is -1.99. The highest BCUT2D eigenvalue weighted by Crippen LogP contribution is 2.33. The highest BCUT2D eigenvalue weighted by Gasteiger charge is 2.13. The summed E-state index contributed by atoms with van der Waals surface area (Å²) >= 11 is 1.54. The van der Waals surface area contributed by atoms with Crippen molar-refractivity contribution in [2.24, 2.45) is 0 Å². The van der Waals surface area contributed by atoms with Crippen molar-refractivity contribution in [1.82, 2.24) is 15.0 Å². The summed E-state index contributed by atoms with van der Waals surface area (Å²) in [5, 5.41) is 6.00. The van der Waals surface area contributed by atoms with Crippen molar-refractivity contribution in [2.45, 2.75) is 6.61 Å². The number of thiazole rings is 1. The Kier molecular flexibility index (Phi) is 4.67. The molecule has 0 amide bonds. The molecular formula is C21H16N4O3S. The summed E-state index contributed by atoms with van der Waals surface area (Å²) in [6.45, 7) is 0.690. The molecule has 144 valence electrons. The van der Waals surface area contributed by atoms with Crippen LogP contribution in [0.4, 0.5) is 11.6 Å². The van der Waals surface area contributed by atoms with Crippen molar-refractivity contribution in [2.75, 3.05) is 12.1 Å². The summed E-state index contributed by atoms with van der Waals surface area (Å²) in [5.74, 6) is 2.76. The molecular weight excluding hydrogens is 388 g/mol. The van der Waals surface area contributed by atoms with Gasteiger partial charge < -0.3 is 19.5 Å². The van der Waals surface area contributed by atoms with Gasteiger partial charge in [-0.05, 0) is 35.9 Å². The van der Waals surface area contributed by atoms with E-state index in [4.69, 9.17) is 14.2 Å². The van der Waals surface area contributed by atoms with Gasteiger partial charge in [0.15, 0.2) is 11.5 Å². The fourth-order valence-electron chi connectivity index (χ4n) is 2.88. The molecule has 7 nitrogen and oxygen atoms in total. The monoisotopic (exact) mass is 404 g/mol. The van der Waals surface area contributed by atoms with E-state index < -0.39 is 0 Å². The van der Waals surface area contributed by atoms with E-state index in [1.165, 1.54) is 11.3 Å². The first-order valence-corrected chi connectivity index (χ1v) is 9.83. The number of hydrogen-bond acceptors (Lipinski definition) is 8. The Morgan fingerprint density at radius 1 is 1.00 bits per heavy atom. The van der Waals surface area contributed by atoms with E-state index in [9.17, 15) is 0 Å². The molecule has 0 radical (unpaired) electrons. The van der Waals surface area contributed by atoms with Gasteiger partial charge in [0.25, 0.3) is 0 Å². The Labute approximate surface area is 171 Å². The summed E-state index contributed by atoms with van der Waals surface area (Å²) in [7, 11) is 0.